The van der Waals surface area contributed by atoms with Crippen LogP contribution in [0.3, 0.4) is 0 Å². The Morgan fingerprint density at radius 2 is 0.667 bits per heavy atom. The molecule has 6 nitrogen and oxygen atoms in total. The summed E-state index contributed by atoms with van der Waals surface area (Å²) in [6.07, 6.45) is 4.30. The Morgan fingerprint density at radius 3 is 0.818 bits per heavy atom. The fourth-order valence-electron chi connectivity index (χ4n) is 6.08. The molecular formula is C26H60N6W. The second kappa shape index (κ2) is 15.5. The SMILES string of the molecule is C.C.C.CN1CC2CC(C1)N2C.CN1CC2CC(C1)N2C.CN1CC2CC1CN2C.[CH3-].[CH3-].[W+2]. The number of likely N-dealkylation sites (tertiary alicyclic amines) is 2. The summed E-state index contributed by atoms with van der Waals surface area (Å²) in [7, 11) is 13.4. The molecule has 0 aromatic rings. The number of fused-ring (bicyclic) bond motifs is 6. The molecule has 0 aromatic carbocycles. The predicted octanol–water partition coefficient (Wildman–Crippen LogP) is 2.82. The van der Waals surface area contributed by atoms with Crippen molar-refractivity contribution in [3.63, 3.8) is 0 Å². The number of piperidine rings is 2. The molecule has 7 heteroatoms. The molecule has 6 atom stereocenters. The van der Waals surface area contributed by atoms with Gasteiger partial charge < -0.3 is 34.5 Å². The van der Waals surface area contributed by atoms with Gasteiger partial charge in [0.1, 0.15) is 0 Å². The average Bonchev–Trinajstić information content (AvgIpc) is 3.20. The van der Waals surface area contributed by atoms with E-state index in [-0.39, 0.29) is 58.2 Å². The van der Waals surface area contributed by atoms with Crippen LogP contribution in [0, 0.1) is 14.9 Å². The first-order chi connectivity index (χ1) is 12.8. The van der Waals surface area contributed by atoms with Crippen LogP contribution in [0.25, 0.3) is 0 Å². The molecule has 0 spiro atoms. The molecule has 6 unspecified atom stereocenters. The summed E-state index contributed by atoms with van der Waals surface area (Å²) < 4.78 is 0. The largest absolute Gasteiger partial charge is 2.00 e. The van der Waals surface area contributed by atoms with Crippen molar-refractivity contribution in [3.8, 4) is 0 Å². The average molecular weight is 641 g/mol. The topological polar surface area (TPSA) is 19.4 Å². The second-order valence-electron chi connectivity index (χ2n) is 10.3. The molecule has 0 aromatic heterocycles. The number of likely N-dealkylation sites (N-methyl/N-ethyl adjacent to an activating group) is 6. The van der Waals surface area contributed by atoms with Crippen molar-refractivity contribution in [3.05, 3.63) is 14.9 Å². The Bertz CT molecular complexity index is 451. The van der Waals surface area contributed by atoms with Gasteiger partial charge in [0, 0.05) is 75.5 Å². The number of nitrogens with zero attached hydrogens (tertiary/aromatic N) is 6. The number of rotatable bonds is 0. The van der Waals surface area contributed by atoms with Gasteiger partial charge in [-0.3, -0.25) is 9.80 Å². The summed E-state index contributed by atoms with van der Waals surface area (Å²) in [5, 5.41) is 0. The van der Waals surface area contributed by atoms with Gasteiger partial charge in [0.25, 0.3) is 0 Å². The van der Waals surface area contributed by atoms with Gasteiger partial charge in [-0.05, 0) is 61.5 Å². The monoisotopic (exact) mass is 640 g/mol. The van der Waals surface area contributed by atoms with Gasteiger partial charge in [-0.2, -0.15) is 0 Å². The van der Waals surface area contributed by atoms with Crippen molar-refractivity contribution >= 4 is 0 Å². The van der Waals surface area contributed by atoms with E-state index in [0.29, 0.717) is 0 Å². The molecule has 0 amide bonds. The predicted molar refractivity (Wildman–Crippen MR) is 145 cm³/mol. The van der Waals surface area contributed by atoms with E-state index in [2.05, 4.69) is 71.7 Å². The quantitative estimate of drug-likeness (QED) is 0.377. The van der Waals surface area contributed by atoms with Crippen molar-refractivity contribution in [1.82, 2.24) is 29.4 Å². The molecule has 8 heterocycles. The van der Waals surface area contributed by atoms with Crippen LogP contribution in [-0.4, -0.2) is 147 Å². The minimum absolute atomic E-state index is 0. The summed E-state index contributed by atoms with van der Waals surface area (Å²) >= 11 is 0. The van der Waals surface area contributed by atoms with Crippen LogP contribution in [0.2, 0.25) is 0 Å². The first kappa shape index (κ1) is 38.0. The van der Waals surface area contributed by atoms with Crippen LogP contribution < -0.4 is 0 Å². The Morgan fingerprint density at radius 1 is 0.424 bits per heavy atom. The van der Waals surface area contributed by atoms with Crippen molar-refractivity contribution in [2.75, 3.05) is 81.6 Å². The molecule has 8 aliphatic heterocycles. The van der Waals surface area contributed by atoms with E-state index >= 15 is 0 Å². The molecule has 200 valence electrons. The maximum absolute atomic E-state index is 2.50. The number of piperazine rings is 3. The van der Waals surface area contributed by atoms with E-state index in [1.165, 1.54) is 58.5 Å². The van der Waals surface area contributed by atoms with Crippen LogP contribution in [0.1, 0.15) is 41.5 Å². The Kier molecular flexibility index (Phi) is 17.9. The minimum atomic E-state index is 0. The van der Waals surface area contributed by atoms with Crippen LogP contribution in [-0.2, 0) is 21.1 Å². The standard InChI is InChI=1S/3C7H14N2.3CH4.2CH3.W/c1-8-4-7-3-6(8)5-9(7)2;2*1-8-4-6-3-7(5-8)9(6)2;;;;;;/h3*6-7H,3-5H2,1-2H3;3*1H4;2*1H3;/q;;;;;;2*-1;+2. The smallest absolute Gasteiger partial charge is 0.358 e. The normalized spacial score (nSPS) is 36.5. The zero-order valence-electron chi connectivity index (χ0n) is 20.9. The molecule has 8 saturated heterocycles. The van der Waals surface area contributed by atoms with E-state index in [4.69, 9.17) is 0 Å². The van der Waals surface area contributed by atoms with Crippen LogP contribution in [0.15, 0.2) is 0 Å². The van der Waals surface area contributed by atoms with Gasteiger partial charge in [-0.15, -0.1) is 0 Å². The Hall–Kier alpha value is 0.448. The Balaban J connectivity index is -0.000000375. The fraction of sp³-hybridized carbons (Fsp3) is 0.923. The minimum Gasteiger partial charge on any atom is -0.358 e. The summed E-state index contributed by atoms with van der Waals surface area (Å²) in [6, 6.07) is 5.28. The van der Waals surface area contributed by atoms with E-state index < -0.39 is 0 Å². The van der Waals surface area contributed by atoms with E-state index in [0.717, 1.165) is 36.3 Å². The second-order valence-corrected chi connectivity index (χ2v) is 10.3. The Labute approximate surface area is 224 Å². The third-order valence-electron chi connectivity index (χ3n) is 8.27. The molecular weight excluding hydrogens is 580 g/mol. The van der Waals surface area contributed by atoms with Crippen LogP contribution in [0.5, 0.6) is 0 Å². The van der Waals surface area contributed by atoms with E-state index in [1.54, 1.807) is 0 Å². The molecule has 0 aliphatic carbocycles. The summed E-state index contributed by atoms with van der Waals surface area (Å²) in [5.74, 6) is 0. The van der Waals surface area contributed by atoms with Crippen molar-refractivity contribution in [1.29, 1.82) is 0 Å². The molecule has 0 N–H and O–H groups in total. The maximum Gasteiger partial charge on any atom is 2.00 e. The van der Waals surface area contributed by atoms with Gasteiger partial charge >= 0.3 is 21.1 Å². The van der Waals surface area contributed by atoms with Crippen molar-refractivity contribution < 1.29 is 21.1 Å². The fourth-order valence-corrected chi connectivity index (χ4v) is 6.08. The van der Waals surface area contributed by atoms with Gasteiger partial charge in [-0.25, -0.2) is 0 Å². The van der Waals surface area contributed by atoms with Gasteiger partial charge in [0.2, 0.25) is 0 Å². The van der Waals surface area contributed by atoms with Crippen LogP contribution >= 0.6 is 0 Å². The first-order valence-corrected chi connectivity index (χ1v) is 11.0. The summed E-state index contributed by atoms with van der Waals surface area (Å²) in [6.45, 7) is 7.72. The van der Waals surface area contributed by atoms with Crippen LogP contribution in [0.4, 0.5) is 0 Å². The van der Waals surface area contributed by atoms with Gasteiger partial charge in [-0.1, -0.05) is 22.3 Å². The molecule has 8 rings (SSSR count). The third kappa shape index (κ3) is 8.23. The molecule has 33 heavy (non-hydrogen) atoms. The molecule has 8 aliphatic rings. The molecule has 0 saturated carbocycles. The molecule has 6 bridgehead atoms. The number of hydrogen-bond donors (Lipinski definition) is 0. The van der Waals surface area contributed by atoms with Gasteiger partial charge in [0.05, 0.1) is 0 Å². The van der Waals surface area contributed by atoms with Crippen molar-refractivity contribution in [2.45, 2.75) is 77.8 Å². The zero-order chi connectivity index (χ0) is 19.3. The molecule has 8 fully saturated rings. The van der Waals surface area contributed by atoms with E-state index in [9.17, 15) is 0 Å². The van der Waals surface area contributed by atoms with E-state index in [1.807, 2.05) is 0 Å². The number of hydrogen-bond acceptors (Lipinski definition) is 6. The third-order valence-corrected chi connectivity index (χ3v) is 8.27. The van der Waals surface area contributed by atoms with Gasteiger partial charge in [0.15, 0.2) is 0 Å². The zero-order valence-corrected chi connectivity index (χ0v) is 23.9. The van der Waals surface area contributed by atoms with Crippen molar-refractivity contribution in [2.24, 2.45) is 0 Å². The first-order valence-electron chi connectivity index (χ1n) is 11.0. The summed E-state index contributed by atoms with van der Waals surface area (Å²) in [4.78, 5) is 14.8. The summed E-state index contributed by atoms with van der Waals surface area (Å²) in [5.41, 5.74) is 0. The molecule has 0 radical (unpaired) electrons. The maximum atomic E-state index is 2.50.